The molecule has 0 radical (unpaired) electrons. The summed E-state index contributed by atoms with van der Waals surface area (Å²) in [4.78, 5) is 24.0. The number of amides is 2. The molecule has 0 heterocycles. The van der Waals surface area contributed by atoms with E-state index in [0.29, 0.717) is 29.0 Å². The topological polar surface area (TPSA) is 81.4 Å². The average molecular weight is 340 g/mol. The zero-order valence-corrected chi connectivity index (χ0v) is 15.1. The Hall–Kier alpha value is -2.82. The highest BCUT2D eigenvalue weighted by molar-refractivity contribution is 5.99. The van der Waals surface area contributed by atoms with Gasteiger partial charge >= 0.3 is 0 Å². The Labute approximate surface area is 148 Å². The number of nitrogens with one attached hydrogen (secondary N) is 1. The number of benzene rings is 2. The molecule has 5 nitrogen and oxygen atoms in total. The molecule has 0 bridgehead atoms. The van der Waals surface area contributed by atoms with Gasteiger partial charge in [-0.3, -0.25) is 9.59 Å². The largest absolute Gasteiger partial charge is 0.481 e. The zero-order valence-electron chi connectivity index (χ0n) is 15.1. The van der Waals surface area contributed by atoms with Gasteiger partial charge in [0.15, 0.2) is 6.10 Å². The second-order valence-corrected chi connectivity index (χ2v) is 6.17. The van der Waals surface area contributed by atoms with E-state index < -0.39 is 12.0 Å². The van der Waals surface area contributed by atoms with Gasteiger partial charge in [0, 0.05) is 11.3 Å². The van der Waals surface area contributed by atoms with Crippen molar-refractivity contribution in [3.8, 4) is 5.75 Å². The molecular formula is C20H24N2O3. The van der Waals surface area contributed by atoms with E-state index in [2.05, 4.69) is 5.32 Å². The first kappa shape index (κ1) is 18.5. The molecular weight excluding hydrogens is 316 g/mol. The van der Waals surface area contributed by atoms with Crippen LogP contribution in [0.25, 0.3) is 0 Å². The van der Waals surface area contributed by atoms with E-state index in [1.165, 1.54) is 0 Å². The molecule has 132 valence electrons. The highest BCUT2D eigenvalue weighted by Gasteiger charge is 2.20. The molecule has 2 amide bonds. The molecule has 0 spiro atoms. The number of carbonyl (C=O) groups is 2. The molecule has 0 aliphatic heterocycles. The minimum atomic E-state index is -0.627. The molecule has 0 saturated heterocycles. The number of ether oxygens (including phenoxy) is 1. The fraction of sp³-hybridized carbons (Fsp3) is 0.300. The number of hydrogen-bond acceptors (Lipinski definition) is 3. The summed E-state index contributed by atoms with van der Waals surface area (Å²) in [5.41, 5.74) is 9.10. The molecule has 2 rings (SSSR count). The standard InChI is InChI=1S/C20H24N2O3/c1-5-18(25-15-10-12(2)9-13(3)11-15)20(24)22-17-8-6-7-16(14(17)4)19(21)23/h6-11,18H,5H2,1-4H3,(H2,21,23)(H,22,24). The monoisotopic (exact) mass is 340 g/mol. The fourth-order valence-corrected chi connectivity index (χ4v) is 2.74. The molecule has 3 N–H and O–H groups in total. The number of hydrogen-bond donors (Lipinski definition) is 2. The minimum Gasteiger partial charge on any atom is -0.481 e. The van der Waals surface area contributed by atoms with Crippen LogP contribution in [0, 0.1) is 20.8 Å². The highest BCUT2D eigenvalue weighted by atomic mass is 16.5. The lowest BCUT2D eigenvalue weighted by atomic mass is 10.1. The molecule has 0 aromatic heterocycles. The lowest BCUT2D eigenvalue weighted by Gasteiger charge is -2.19. The third-order valence-electron chi connectivity index (χ3n) is 3.99. The molecule has 0 aliphatic carbocycles. The number of aryl methyl sites for hydroxylation is 2. The van der Waals surface area contributed by atoms with Gasteiger partial charge in [0.2, 0.25) is 5.91 Å². The van der Waals surface area contributed by atoms with Crippen molar-refractivity contribution in [1.29, 1.82) is 0 Å². The number of anilines is 1. The molecule has 0 saturated carbocycles. The summed E-state index contributed by atoms with van der Waals surface area (Å²) in [5, 5.41) is 2.83. The van der Waals surface area contributed by atoms with E-state index in [1.807, 2.05) is 39.0 Å². The third kappa shape index (κ3) is 4.59. The van der Waals surface area contributed by atoms with E-state index in [0.717, 1.165) is 11.1 Å². The molecule has 0 aliphatic rings. The van der Waals surface area contributed by atoms with Gasteiger partial charge in [-0.05, 0) is 68.1 Å². The number of carbonyl (C=O) groups excluding carboxylic acids is 2. The lowest BCUT2D eigenvalue weighted by Crippen LogP contribution is -2.32. The van der Waals surface area contributed by atoms with Crippen LogP contribution in [0.1, 0.15) is 40.4 Å². The third-order valence-corrected chi connectivity index (χ3v) is 3.99. The van der Waals surface area contributed by atoms with Gasteiger partial charge in [0.1, 0.15) is 5.75 Å². The molecule has 5 heteroatoms. The van der Waals surface area contributed by atoms with E-state index in [4.69, 9.17) is 10.5 Å². The number of primary amides is 1. The summed E-state index contributed by atoms with van der Waals surface area (Å²) >= 11 is 0. The van der Waals surface area contributed by atoms with Crippen LogP contribution >= 0.6 is 0 Å². The van der Waals surface area contributed by atoms with E-state index in [1.54, 1.807) is 25.1 Å². The lowest BCUT2D eigenvalue weighted by molar-refractivity contribution is -0.122. The van der Waals surface area contributed by atoms with Crippen LogP contribution < -0.4 is 15.8 Å². The highest BCUT2D eigenvalue weighted by Crippen LogP contribution is 2.21. The summed E-state index contributed by atoms with van der Waals surface area (Å²) in [5.74, 6) is -0.111. The first-order chi connectivity index (χ1) is 11.8. The van der Waals surface area contributed by atoms with Gasteiger partial charge < -0.3 is 15.8 Å². The van der Waals surface area contributed by atoms with E-state index in [-0.39, 0.29) is 5.91 Å². The second kappa shape index (κ2) is 7.83. The minimum absolute atomic E-state index is 0.258. The van der Waals surface area contributed by atoms with Gasteiger partial charge in [-0.2, -0.15) is 0 Å². The Morgan fingerprint density at radius 2 is 1.76 bits per heavy atom. The maximum absolute atomic E-state index is 12.6. The Bertz CT molecular complexity index is 779. The fourth-order valence-electron chi connectivity index (χ4n) is 2.74. The van der Waals surface area contributed by atoms with Gasteiger partial charge in [0.25, 0.3) is 5.91 Å². The predicted octanol–water partition coefficient (Wildman–Crippen LogP) is 3.51. The van der Waals surface area contributed by atoms with Gasteiger partial charge in [-0.1, -0.05) is 19.1 Å². The normalized spacial score (nSPS) is 11.7. The van der Waals surface area contributed by atoms with Gasteiger partial charge in [-0.25, -0.2) is 0 Å². The van der Waals surface area contributed by atoms with Crippen molar-refractivity contribution >= 4 is 17.5 Å². The van der Waals surface area contributed by atoms with Crippen LogP contribution in [0.3, 0.4) is 0 Å². The number of rotatable bonds is 6. The Balaban J connectivity index is 2.18. The van der Waals surface area contributed by atoms with Crippen LogP contribution in [0.5, 0.6) is 5.75 Å². The molecule has 1 unspecified atom stereocenters. The van der Waals surface area contributed by atoms with E-state index >= 15 is 0 Å². The maximum Gasteiger partial charge on any atom is 0.265 e. The maximum atomic E-state index is 12.6. The van der Waals surface area contributed by atoms with Gasteiger partial charge in [0.05, 0.1) is 0 Å². The quantitative estimate of drug-likeness (QED) is 0.844. The Morgan fingerprint density at radius 3 is 2.32 bits per heavy atom. The predicted molar refractivity (Wildman–Crippen MR) is 98.9 cm³/mol. The average Bonchev–Trinajstić information content (AvgIpc) is 2.53. The van der Waals surface area contributed by atoms with Crippen molar-refractivity contribution in [2.24, 2.45) is 5.73 Å². The summed E-state index contributed by atoms with van der Waals surface area (Å²) in [7, 11) is 0. The summed E-state index contributed by atoms with van der Waals surface area (Å²) in [6.45, 7) is 7.61. The van der Waals surface area contributed by atoms with Crippen molar-refractivity contribution in [1.82, 2.24) is 0 Å². The summed E-state index contributed by atoms with van der Waals surface area (Å²) < 4.78 is 5.87. The van der Waals surface area contributed by atoms with Crippen LogP contribution in [0.15, 0.2) is 36.4 Å². The number of nitrogens with two attached hydrogens (primary N) is 1. The van der Waals surface area contributed by atoms with Crippen molar-refractivity contribution in [2.75, 3.05) is 5.32 Å². The van der Waals surface area contributed by atoms with Crippen molar-refractivity contribution in [3.05, 3.63) is 58.7 Å². The molecule has 2 aromatic rings. The summed E-state index contributed by atoms with van der Waals surface area (Å²) in [6, 6.07) is 10.9. The smallest absolute Gasteiger partial charge is 0.265 e. The van der Waals surface area contributed by atoms with Crippen LogP contribution in [-0.4, -0.2) is 17.9 Å². The zero-order chi connectivity index (χ0) is 18.6. The van der Waals surface area contributed by atoms with Crippen LogP contribution in [-0.2, 0) is 4.79 Å². The molecule has 0 fully saturated rings. The van der Waals surface area contributed by atoms with Crippen LogP contribution in [0.4, 0.5) is 5.69 Å². The van der Waals surface area contributed by atoms with Crippen molar-refractivity contribution in [2.45, 2.75) is 40.2 Å². The van der Waals surface area contributed by atoms with Crippen molar-refractivity contribution in [3.63, 3.8) is 0 Å². The summed E-state index contributed by atoms with van der Waals surface area (Å²) in [6.07, 6.45) is -0.106. The second-order valence-electron chi connectivity index (χ2n) is 6.17. The Morgan fingerprint density at radius 1 is 1.12 bits per heavy atom. The Kier molecular flexibility index (Phi) is 5.80. The SMILES string of the molecule is CCC(Oc1cc(C)cc(C)c1)C(=O)Nc1cccc(C(N)=O)c1C. The molecule has 1 atom stereocenters. The van der Waals surface area contributed by atoms with Crippen molar-refractivity contribution < 1.29 is 14.3 Å². The molecule has 25 heavy (non-hydrogen) atoms. The van der Waals surface area contributed by atoms with Crippen LogP contribution in [0.2, 0.25) is 0 Å². The first-order valence-electron chi connectivity index (χ1n) is 8.27. The molecule has 2 aromatic carbocycles. The van der Waals surface area contributed by atoms with E-state index in [9.17, 15) is 9.59 Å². The van der Waals surface area contributed by atoms with Gasteiger partial charge in [-0.15, -0.1) is 0 Å². The first-order valence-corrected chi connectivity index (χ1v) is 8.27.